The monoisotopic (exact) mass is 312 g/mol. The van der Waals surface area contributed by atoms with Gasteiger partial charge < -0.3 is 0 Å². The first-order valence-corrected chi connectivity index (χ1v) is 6.89. The van der Waals surface area contributed by atoms with E-state index in [0.717, 1.165) is 12.6 Å². The van der Waals surface area contributed by atoms with Crippen molar-refractivity contribution in [2.75, 3.05) is 6.26 Å². The molecule has 0 radical (unpaired) electrons. The molecule has 0 aromatic carbocycles. The van der Waals surface area contributed by atoms with Gasteiger partial charge in [0, 0.05) is 6.20 Å². The van der Waals surface area contributed by atoms with Crippen LogP contribution in [0.3, 0.4) is 0 Å². The van der Waals surface area contributed by atoms with E-state index in [0.29, 0.717) is 5.16 Å². The van der Waals surface area contributed by atoms with Crippen LogP contribution in [0.25, 0.3) is 0 Å². The molecule has 6 nitrogen and oxygen atoms in total. The van der Waals surface area contributed by atoms with Crippen molar-refractivity contribution >= 4 is 35.9 Å². The number of hydrogen-bond donors (Lipinski definition) is 0. The van der Waals surface area contributed by atoms with E-state index in [4.69, 9.17) is 0 Å². The Morgan fingerprint density at radius 1 is 1.29 bits per heavy atom. The van der Waals surface area contributed by atoms with Crippen molar-refractivity contribution < 1.29 is 13.2 Å². The molecule has 3 rings (SSSR count). The average molecular weight is 312 g/mol. The number of aromatic nitrogens is 2. The Morgan fingerprint density at radius 3 is 2.81 bits per heavy atom. The molecule has 2 aliphatic rings. The second kappa shape index (κ2) is 4.72. The summed E-state index contributed by atoms with van der Waals surface area (Å²) in [6, 6.07) is 1.47. The van der Waals surface area contributed by atoms with E-state index < -0.39 is 17.7 Å². The summed E-state index contributed by atoms with van der Waals surface area (Å²) in [5.41, 5.74) is -1.21. The van der Waals surface area contributed by atoms with Crippen molar-refractivity contribution in [3.05, 3.63) is 18.0 Å². The second-order valence-corrected chi connectivity index (χ2v) is 4.82. The van der Waals surface area contributed by atoms with E-state index in [-0.39, 0.29) is 11.4 Å². The molecule has 0 bridgehead atoms. The number of halogens is 3. The number of alkyl halides is 3. The summed E-state index contributed by atoms with van der Waals surface area (Å²) in [6.45, 7) is 0. The second-order valence-electron chi connectivity index (χ2n) is 4.05. The average Bonchev–Trinajstić information content (AvgIpc) is 2.90. The highest BCUT2D eigenvalue weighted by Gasteiger charge is 2.48. The smallest absolute Gasteiger partial charge is 0.235 e. The van der Waals surface area contributed by atoms with Gasteiger partial charge in [-0.3, -0.25) is 0 Å². The molecule has 0 N–H and O–H groups in total. The van der Waals surface area contributed by atoms with Crippen LogP contribution in [0.5, 0.6) is 0 Å². The lowest BCUT2D eigenvalue weighted by molar-refractivity contribution is -0.0602. The molecule has 21 heavy (non-hydrogen) atoms. The van der Waals surface area contributed by atoms with E-state index in [1.54, 1.807) is 6.26 Å². The summed E-state index contributed by atoms with van der Waals surface area (Å²) < 4.78 is 38.6. The van der Waals surface area contributed by atoms with Crippen LogP contribution in [0.15, 0.2) is 37.4 Å². The number of amidine groups is 1. The van der Waals surface area contributed by atoms with E-state index in [2.05, 4.69) is 29.9 Å². The Bertz CT molecular complexity index is 708. The first kappa shape index (κ1) is 13.9. The molecule has 3 heterocycles. The third kappa shape index (κ3) is 2.24. The zero-order valence-corrected chi connectivity index (χ0v) is 11.4. The summed E-state index contributed by atoms with van der Waals surface area (Å²) in [5.74, 6) is -1.26. The normalized spacial score (nSPS) is 23.8. The quantitative estimate of drug-likeness (QED) is 0.618. The first-order chi connectivity index (χ1) is 9.95. The minimum atomic E-state index is -4.66. The van der Waals surface area contributed by atoms with Gasteiger partial charge >= 0.3 is 6.18 Å². The summed E-state index contributed by atoms with van der Waals surface area (Å²) in [5, 5.41) is 0.412. The SMILES string of the molecule is CSc1nccc(C23N=CN=C2C=NC(C(F)(F)F)=N3)n1. The van der Waals surface area contributed by atoms with Gasteiger partial charge in [0.15, 0.2) is 5.16 Å². The summed E-state index contributed by atoms with van der Waals surface area (Å²) in [6.07, 6.45) is 0.719. The lowest BCUT2D eigenvalue weighted by Gasteiger charge is -2.25. The molecule has 0 aliphatic carbocycles. The van der Waals surface area contributed by atoms with Crippen LogP contribution >= 0.6 is 11.8 Å². The maximum absolute atomic E-state index is 12.9. The van der Waals surface area contributed by atoms with Crippen molar-refractivity contribution in [2.45, 2.75) is 17.0 Å². The fraction of sp³-hybridized carbons (Fsp3) is 0.273. The van der Waals surface area contributed by atoms with Crippen LogP contribution in [0.2, 0.25) is 0 Å². The number of nitrogens with zero attached hydrogens (tertiary/aromatic N) is 6. The largest absolute Gasteiger partial charge is 0.451 e. The van der Waals surface area contributed by atoms with Crippen LogP contribution in [-0.2, 0) is 5.66 Å². The minimum absolute atomic E-state index is 0.196. The van der Waals surface area contributed by atoms with Gasteiger partial charge in [0.05, 0.1) is 6.21 Å². The Kier molecular flexibility index (Phi) is 3.12. The highest BCUT2D eigenvalue weighted by Crippen LogP contribution is 2.35. The molecule has 2 aliphatic heterocycles. The van der Waals surface area contributed by atoms with E-state index in [1.165, 1.54) is 24.0 Å². The lowest BCUT2D eigenvalue weighted by Crippen LogP contribution is -2.39. The standard InChI is InChI=1S/C11H7F3N6S/c1-21-9-15-3-2-6(19-9)10-7(17-5-18-10)4-16-8(20-10)11(12,13)14/h2-5H,1H3. The van der Waals surface area contributed by atoms with Gasteiger partial charge in [-0.1, -0.05) is 11.8 Å². The number of aliphatic imine (C=N–C) groups is 4. The van der Waals surface area contributed by atoms with Crippen molar-refractivity contribution in [1.29, 1.82) is 0 Å². The van der Waals surface area contributed by atoms with Gasteiger partial charge in [0.2, 0.25) is 11.5 Å². The molecular formula is C11H7F3N6S. The summed E-state index contributed by atoms with van der Waals surface area (Å²) in [4.78, 5) is 23.0. The number of rotatable bonds is 2. The molecular weight excluding hydrogens is 305 g/mol. The van der Waals surface area contributed by atoms with Gasteiger partial charge in [-0.2, -0.15) is 13.2 Å². The maximum Gasteiger partial charge on any atom is 0.451 e. The fourth-order valence-electron chi connectivity index (χ4n) is 1.87. The van der Waals surface area contributed by atoms with Gasteiger partial charge in [0.1, 0.15) is 17.7 Å². The van der Waals surface area contributed by atoms with Crippen molar-refractivity contribution in [3.8, 4) is 0 Å². The molecule has 1 atom stereocenters. The molecule has 10 heteroatoms. The molecule has 0 saturated heterocycles. The molecule has 0 amide bonds. The van der Waals surface area contributed by atoms with E-state index in [9.17, 15) is 13.2 Å². The molecule has 0 saturated carbocycles. The number of hydrogen-bond acceptors (Lipinski definition) is 7. The van der Waals surface area contributed by atoms with Gasteiger partial charge in [0.25, 0.3) is 0 Å². The molecule has 0 fully saturated rings. The Hall–Kier alpha value is -2.10. The zero-order valence-electron chi connectivity index (χ0n) is 10.5. The summed E-state index contributed by atoms with van der Waals surface area (Å²) in [7, 11) is 0. The predicted octanol–water partition coefficient (Wildman–Crippen LogP) is 1.88. The Morgan fingerprint density at radius 2 is 2.10 bits per heavy atom. The van der Waals surface area contributed by atoms with Crippen LogP contribution in [-0.4, -0.2) is 46.5 Å². The first-order valence-electron chi connectivity index (χ1n) is 5.66. The summed E-state index contributed by atoms with van der Waals surface area (Å²) >= 11 is 1.27. The van der Waals surface area contributed by atoms with E-state index in [1.807, 2.05) is 0 Å². The van der Waals surface area contributed by atoms with Crippen LogP contribution < -0.4 is 0 Å². The highest BCUT2D eigenvalue weighted by molar-refractivity contribution is 7.98. The highest BCUT2D eigenvalue weighted by atomic mass is 32.2. The minimum Gasteiger partial charge on any atom is -0.235 e. The third-order valence-corrected chi connectivity index (χ3v) is 3.36. The molecule has 1 aromatic rings. The van der Waals surface area contributed by atoms with Crippen molar-refractivity contribution in [3.63, 3.8) is 0 Å². The predicted molar refractivity (Wildman–Crippen MR) is 73.4 cm³/mol. The molecule has 1 aromatic heterocycles. The van der Waals surface area contributed by atoms with Crippen molar-refractivity contribution in [1.82, 2.24) is 9.97 Å². The molecule has 0 spiro atoms. The Labute approximate surface area is 121 Å². The topological polar surface area (TPSA) is 75.2 Å². The van der Waals surface area contributed by atoms with Crippen LogP contribution in [0.4, 0.5) is 13.2 Å². The number of fused-ring (bicyclic) bond motifs is 1. The third-order valence-electron chi connectivity index (χ3n) is 2.80. The number of thioether (sulfide) groups is 1. The van der Waals surface area contributed by atoms with Gasteiger partial charge in [-0.25, -0.2) is 29.9 Å². The van der Waals surface area contributed by atoms with Crippen LogP contribution in [0.1, 0.15) is 5.69 Å². The van der Waals surface area contributed by atoms with Crippen LogP contribution in [0, 0.1) is 0 Å². The van der Waals surface area contributed by atoms with E-state index >= 15 is 0 Å². The van der Waals surface area contributed by atoms with Gasteiger partial charge in [-0.15, -0.1) is 0 Å². The maximum atomic E-state index is 12.9. The lowest BCUT2D eigenvalue weighted by atomic mass is 10.0. The Balaban J connectivity index is 2.16. The van der Waals surface area contributed by atoms with Gasteiger partial charge in [-0.05, 0) is 12.3 Å². The van der Waals surface area contributed by atoms with Crippen molar-refractivity contribution in [2.24, 2.45) is 20.0 Å². The molecule has 108 valence electrons. The molecule has 1 unspecified atom stereocenters. The fourth-order valence-corrected chi connectivity index (χ4v) is 2.23. The zero-order chi connectivity index (χ0) is 15.1.